The summed E-state index contributed by atoms with van der Waals surface area (Å²) < 4.78 is 22.6. The Morgan fingerprint density at radius 1 is 1.10 bits per heavy atom. The first-order valence-corrected chi connectivity index (χ1v) is 13.4. The zero-order valence-corrected chi connectivity index (χ0v) is 23.2. The number of fused-ring (bicyclic) bond motifs is 1. The number of nitrogens with zero attached hydrogens (tertiary/aromatic N) is 3. The van der Waals surface area contributed by atoms with Gasteiger partial charge in [-0.2, -0.15) is 0 Å². The molecule has 2 aromatic heterocycles. The summed E-state index contributed by atoms with van der Waals surface area (Å²) in [7, 11) is 1.48. The average molecular weight is 590 g/mol. The van der Waals surface area contributed by atoms with E-state index in [1.807, 2.05) is 0 Å². The van der Waals surface area contributed by atoms with Crippen LogP contribution < -0.4 is 19.6 Å². The minimum absolute atomic E-state index is 0.00503. The SMILES string of the molecule is COCCOC(=O)C1=C(C)N=c2s/c(=C\c3ccc([N+](=O)[O-])cc3)c(=O)n2C1c1ccc(OC(=O)c2ccco2)cc1. The molecule has 0 bridgehead atoms. The molecular weight excluding hydrogens is 566 g/mol. The van der Waals surface area contributed by atoms with Gasteiger partial charge in [0, 0.05) is 19.2 Å². The molecule has 12 nitrogen and oxygen atoms in total. The molecule has 0 aliphatic carbocycles. The molecule has 1 unspecified atom stereocenters. The molecular formula is C29H23N3O9S. The van der Waals surface area contributed by atoms with E-state index < -0.39 is 28.5 Å². The van der Waals surface area contributed by atoms with Crippen LogP contribution in [0.3, 0.4) is 0 Å². The highest BCUT2D eigenvalue weighted by molar-refractivity contribution is 7.07. The largest absolute Gasteiger partial charge is 0.460 e. The number of benzene rings is 2. The summed E-state index contributed by atoms with van der Waals surface area (Å²) in [5, 5.41) is 11.0. The molecule has 13 heteroatoms. The summed E-state index contributed by atoms with van der Waals surface area (Å²) in [5.74, 6) is -1.06. The number of allylic oxidation sites excluding steroid dienone is 1. The molecule has 0 saturated heterocycles. The van der Waals surface area contributed by atoms with Crippen molar-refractivity contribution < 1.29 is 33.1 Å². The summed E-state index contributed by atoms with van der Waals surface area (Å²) in [6.07, 6.45) is 2.97. The number of carbonyl (C=O) groups is 2. The highest BCUT2D eigenvalue weighted by atomic mass is 32.1. The summed E-state index contributed by atoms with van der Waals surface area (Å²) in [4.78, 5) is 54.7. The van der Waals surface area contributed by atoms with Crippen LogP contribution in [-0.4, -0.2) is 41.8 Å². The second-order valence-corrected chi connectivity index (χ2v) is 10.0. The van der Waals surface area contributed by atoms with Gasteiger partial charge in [-0.25, -0.2) is 14.6 Å². The maximum Gasteiger partial charge on any atom is 0.379 e. The number of nitro benzene ring substituents is 1. The number of nitro groups is 1. The first kappa shape index (κ1) is 28.4. The van der Waals surface area contributed by atoms with Gasteiger partial charge in [0.15, 0.2) is 4.80 Å². The Morgan fingerprint density at radius 2 is 1.83 bits per heavy atom. The fourth-order valence-electron chi connectivity index (χ4n) is 4.31. The third kappa shape index (κ3) is 5.82. The van der Waals surface area contributed by atoms with Crippen molar-refractivity contribution in [2.75, 3.05) is 20.3 Å². The van der Waals surface area contributed by atoms with E-state index in [-0.39, 0.29) is 36.0 Å². The molecule has 0 spiro atoms. The number of rotatable bonds is 9. The van der Waals surface area contributed by atoms with E-state index in [4.69, 9.17) is 18.6 Å². The van der Waals surface area contributed by atoms with E-state index in [1.54, 1.807) is 55.5 Å². The summed E-state index contributed by atoms with van der Waals surface area (Å²) >= 11 is 1.12. The quantitative estimate of drug-likeness (QED) is 0.0942. The van der Waals surface area contributed by atoms with Crippen LogP contribution in [0, 0.1) is 10.1 Å². The Labute approximate surface area is 241 Å². The van der Waals surface area contributed by atoms with Crippen molar-refractivity contribution in [3.05, 3.63) is 125 Å². The van der Waals surface area contributed by atoms with Gasteiger partial charge in [0.2, 0.25) is 5.76 Å². The topological polar surface area (TPSA) is 152 Å². The van der Waals surface area contributed by atoms with E-state index in [0.29, 0.717) is 26.2 Å². The Kier molecular flexibility index (Phi) is 8.22. The van der Waals surface area contributed by atoms with Gasteiger partial charge in [-0.3, -0.25) is 19.5 Å². The van der Waals surface area contributed by atoms with Crippen molar-refractivity contribution in [2.45, 2.75) is 13.0 Å². The monoisotopic (exact) mass is 589 g/mol. The van der Waals surface area contributed by atoms with Crippen LogP contribution in [0.25, 0.3) is 6.08 Å². The van der Waals surface area contributed by atoms with Crippen molar-refractivity contribution in [1.29, 1.82) is 0 Å². The number of furan rings is 1. The third-order valence-corrected chi connectivity index (χ3v) is 7.28. The first-order chi connectivity index (χ1) is 20.3. The van der Waals surface area contributed by atoms with Crippen molar-refractivity contribution in [3.8, 4) is 5.75 Å². The predicted octanol–water partition coefficient (Wildman–Crippen LogP) is 3.15. The fraction of sp³-hybridized carbons (Fsp3) is 0.172. The standard InChI is InChI=1S/C29H23N3O9S/c1-17-24(28(35)40-15-14-38-2)25(19-7-11-21(12-8-19)41-27(34)22-4-3-13-39-22)31-26(33)23(42-29(31)30-17)16-18-5-9-20(10-6-18)32(36)37/h3-13,16,25H,14-15H2,1-2H3/b23-16-. The lowest BCUT2D eigenvalue weighted by atomic mass is 9.96. The lowest BCUT2D eigenvalue weighted by molar-refractivity contribution is -0.384. The Bertz CT molecular complexity index is 1850. The van der Waals surface area contributed by atoms with Gasteiger partial charge in [0.05, 0.1) is 39.6 Å². The number of ether oxygens (including phenoxy) is 3. The number of carbonyl (C=O) groups excluding carboxylic acids is 2. The molecule has 0 N–H and O–H groups in total. The number of non-ortho nitro benzene ring substituents is 1. The van der Waals surface area contributed by atoms with E-state index >= 15 is 0 Å². The molecule has 0 amide bonds. The highest BCUT2D eigenvalue weighted by Crippen LogP contribution is 2.32. The molecule has 214 valence electrons. The maximum atomic E-state index is 13.8. The predicted molar refractivity (Wildman–Crippen MR) is 150 cm³/mol. The molecule has 0 radical (unpaired) electrons. The molecule has 0 saturated carbocycles. The molecule has 4 aromatic rings. The highest BCUT2D eigenvalue weighted by Gasteiger charge is 2.33. The maximum absolute atomic E-state index is 13.8. The van der Waals surface area contributed by atoms with Crippen LogP contribution in [0.2, 0.25) is 0 Å². The van der Waals surface area contributed by atoms with Crippen LogP contribution in [0.1, 0.15) is 34.6 Å². The lowest BCUT2D eigenvalue weighted by Crippen LogP contribution is -2.40. The van der Waals surface area contributed by atoms with Crippen molar-refractivity contribution >= 4 is 35.0 Å². The number of methoxy groups -OCH3 is 1. The molecule has 1 atom stereocenters. The fourth-order valence-corrected chi connectivity index (χ4v) is 5.35. The first-order valence-electron chi connectivity index (χ1n) is 12.6. The zero-order chi connectivity index (χ0) is 29.8. The minimum Gasteiger partial charge on any atom is -0.460 e. The van der Waals surface area contributed by atoms with Gasteiger partial charge in [-0.1, -0.05) is 23.5 Å². The van der Waals surface area contributed by atoms with Crippen LogP contribution in [0.5, 0.6) is 5.75 Å². The van der Waals surface area contributed by atoms with Crippen molar-refractivity contribution in [2.24, 2.45) is 4.99 Å². The Balaban J connectivity index is 1.56. The zero-order valence-electron chi connectivity index (χ0n) is 22.3. The molecule has 3 heterocycles. The van der Waals surface area contributed by atoms with Gasteiger partial charge in [0.1, 0.15) is 12.4 Å². The van der Waals surface area contributed by atoms with Gasteiger partial charge in [-0.05, 0) is 60.5 Å². The summed E-state index contributed by atoms with van der Waals surface area (Å²) in [5.41, 5.74) is 1.19. The second kappa shape index (κ2) is 12.2. The van der Waals surface area contributed by atoms with Crippen LogP contribution >= 0.6 is 11.3 Å². The van der Waals surface area contributed by atoms with Crippen LogP contribution in [0.4, 0.5) is 5.69 Å². The van der Waals surface area contributed by atoms with Gasteiger partial charge in [0.25, 0.3) is 11.2 Å². The van der Waals surface area contributed by atoms with Crippen molar-refractivity contribution in [3.63, 3.8) is 0 Å². The number of aromatic nitrogens is 1. The summed E-state index contributed by atoms with van der Waals surface area (Å²) in [6, 6.07) is 14.3. The van der Waals surface area contributed by atoms with Crippen molar-refractivity contribution in [1.82, 2.24) is 4.57 Å². The number of hydrogen-bond acceptors (Lipinski definition) is 11. The van der Waals surface area contributed by atoms with Gasteiger partial charge >= 0.3 is 11.9 Å². The van der Waals surface area contributed by atoms with E-state index in [9.17, 15) is 24.5 Å². The Morgan fingerprint density at radius 3 is 2.48 bits per heavy atom. The molecule has 1 aliphatic rings. The molecule has 0 fully saturated rings. The van der Waals surface area contributed by atoms with Crippen LogP contribution in [-0.2, 0) is 14.3 Å². The van der Waals surface area contributed by atoms with Gasteiger partial charge < -0.3 is 18.6 Å². The number of thiazole rings is 1. The smallest absolute Gasteiger partial charge is 0.379 e. The van der Waals surface area contributed by atoms with E-state index in [1.165, 1.54) is 36.1 Å². The number of hydrogen-bond donors (Lipinski definition) is 0. The third-order valence-electron chi connectivity index (χ3n) is 6.29. The summed E-state index contributed by atoms with van der Waals surface area (Å²) in [6.45, 7) is 1.85. The molecule has 2 aromatic carbocycles. The molecule has 42 heavy (non-hydrogen) atoms. The van der Waals surface area contributed by atoms with Gasteiger partial charge in [-0.15, -0.1) is 0 Å². The minimum atomic E-state index is -0.898. The molecule has 1 aliphatic heterocycles. The van der Waals surface area contributed by atoms with E-state index in [2.05, 4.69) is 4.99 Å². The average Bonchev–Trinajstić information content (AvgIpc) is 3.62. The van der Waals surface area contributed by atoms with E-state index in [0.717, 1.165) is 11.3 Å². The normalized spacial score (nSPS) is 14.7. The second-order valence-electron chi connectivity index (χ2n) is 9.00. The number of esters is 2. The molecule has 5 rings (SSSR count). The van der Waals surface area contributed by atoms with Crippen LogP contribution in [0.15, 0.2) is 92.4 Å². The Hall–Kier alpha value is -5.14. The lowest BCUT2D eigenvalue weighted by Gasteiger charge is -2.25.